The van der Waals surface area contributed by atoms with Gasteiger partial charge in [-0.1, -0.05) is 24.3 Å². The van der Waals surface area contributed by atoms with Crippen molar-refractivity contribution in [1.82, 2.24) is 0 Å². The van der Waals surface area contributed by atoms with Gasteiger partial charge in [0, 0.05) is 17.8 Å². The molecule has 0 saturated heterocycles. The molecule has 2 N–H and O–H groups in total. The van der Waals surface area contributed by atoms with Gasteiger partial charge >= 0.3 is 0 Å². The number of nitrogens with zero attached hydrogens (tertiary/aromatic N) is 3. The highest BCUT2D eigenvalue weighted by Gasteiger charge is 2.25. The second kappa shape index (κ2) is 4.51. The molecule has 0 aromatic heterocycles. The average molecular weight is 292 g/mol. The second-order valence-corrected chi connectivity index (χ2v) is 5.26. The van der Waals surface area contributed by atoms with Crippen LogP contribution in [0.2, 0.25) is 0 Å². The minimum atomic E-state index is -0.396. The molecule has 0 atom stereocenters. The van der Waals surface area contributed by atoms with Gasteiger partial charge in [-0.05, 0) is 33.7 Å². The molecule has 0 radical (unpaired) electrons. The van der Waals surface area contributed by atoms with E-state index in [2.05, 4.69) is 4.99 Å². The van der Waals surface area contributed by atoms with E-state index in [4.69, 9.17) is 5.84 Å². The van der Waals surface area contributed by atoms with Crippen molar-refractivity contribution < 1.29 is 4.92 Å². The summed E-state index contributed by atoms with van der Waals surface area (Å²) in [5.41, 5.74) is 1.12. The van der Waals surface area contributed by atoms with Crippen LogP contribution in [0.15, 0.2) is 47.5 Å². The second-order valence-electron chi connectivity index (χ2n) is 5.26. The third-order valence-electron chi connectivity index (χ3n) is 3.94. The minimum absolute atomic E-state index is 0.00595. The van der Waals surface area contributed by atoms with Crippen LogP contribution in [0.5, 0.6) is 0 Å². The molecule has 6 heteroatoms. The molecule has 0 unspecified atom stereocenters. The number of fused-ring (bicyclic) bond motifs is 4. The zero-order valence-electron chi connectivity index (χ0n) is 11.6. The van der Waals surface area contributed by atoms with E-state index in [9.17, 15) is 10.1 Å². The standard InChI is InChI=1S/C16H12N4O2/c17-19-9-18-8-14-13-6-11-4-2-1-3-10(11)5-12(13)7-15(16(14)19)20(21)22/h1-8H,9,17H2. The SMILES string of the molecule is NN1CN=Cc2c1c([N+](=O)[O-])cc1cc3ccccc3cc21. The first-order valence-electron chi connectivity index (χ1n) is 6.81. The highest BCUT2D eigenvalue weighted by molar-refractivity contribution is 6.12. The topological polar surface area (TPSA) is 84.8 Å². The van der Waals surface area contributed by atoms with E-state index in [1.807, 2.05) is 36.4 Å². The molecule has 0 amide bonds. The van der Waals surface area contributed by atoms with Crippen LogP contribution in [0, 0.1) is 10.1 Å². The largest absolute Gasteiger partial charge is 0.295 e. The van der Waals surface area contributed by atoms with Crippen molar-refractivity contribution in [1.29, 1.82) is 0 Å². The Morgan fingerprint density at radius 3 is 2.59 bits per heavy atom. The first-order chi connectivity index (χ1) is 10.6. The molecule has 22 heavy (non-hydrogen) atoms. The quantitative estimate of drug-likeness (QED) is 0.323. The molecule has 3 aromatic rings. The zero-order valence-corrected chi connectivity index (χ0v) is 11.6. The van der Waals surface area contributed by atoms with Gasteiger partial charge in [0.1, 0.15) is 12.4 Å². The van der Waals surface area contributed by atoms with Gasteiger partial charge in [-0.25, -0.2) is 5.84 Å². The van der Waals surface area contributed by atoms with Crippen LogP contribution in [0.4, 0.5) is 11.4 Å². The average Bonchev–Trinajstić information content (AvgIpc) is 2.52. The number of nitro benzene ring substituents is 1. The number of anilines is 1. The molecule has 0 aliphatic carbocycles. The van der Waals surface area contributed by atoms with Crippen molar-refractivity contribution in [3.05, 3.63) is 58.1 Å². The summed E-state index contributed by atoms with van der Waals surface area (Å²) in [4.78, 5) is 15.2. The molecule has 3 aromatic carbocycles. The van der Waals surface area contributed by atoms with Crippen molar-refractivity contribution >= 4 is 39.1 Å². The Balaban J connectivity index is 2.18. The summed E-state index contributed by atoms with van der Waals surface area (Å²) in [6.07, 6.45) is 1.67. The minimum Gasteiger partial charge on any atom is -0.282 e. The Morgan fingerprint density at radius 2 is 1.86 bits per heavy atom. The van der Waals surface area contributed by atoms with Gasteiger partial charge in [0.25, 0.3) is 5.69 Å². The first-order valence-corrected chi connectivity index (χ1v) is 6.81. The normalized spacial score (nSPS) is 13.6. The Morgan fingerprint density at radius 1 is 1.14 bits per heavy atom. The van der Waals surface area contributed by atoms with Crippen LogP contribution in [-0.2, 0) is 0 Å². The van der Waals surface area contributed by atoms with Crippen LogP contribution in [0.25, 0.3) is 21.5 Å². The number of rotatable bonds is 1. The molecule has 1 aliphatic rings. The Kier molecular flexibility index (Phi) is 2.61. The molecule has 0 fully saturated rings. The van der Waals surface area contributed by atoms with Crippen molar-refractivity contribution in [2.24, 2.45) is 10.8 Å². The van der Waals surface area contributed by atoms with Crippen molar-refractivity contribution in [3.63, 3.8) is 0 Å². The van der Waals surface area contributed by atoms with Gasteiger partial charge < -0.3 is 0 Å². The summed E-state index contributed by atoms with van der Waals surface area (Å²) in [6.45, 7) is 0.215. The predicted molar refractivity (Wildman–Crippen MR) is 87.2 cm³/mol. The number of nitro groups is 1. The molecule has 1 heterocycles. The van der Waals surface area contributed by atoms with E-state index in [1.54, 1.807) is 12.3 Å². The highest BCUT2D eigenvalue weighted by Crippen LogP contribution is 2.38. The lowest BCUT2D eigenvalue weighted by atomic mass is 9.97. The third-order valence-corrected chi connectivity index (χ3v) is 3.94. The first kappa shape index (κ1) is 12.7. The summed E-state index contributed by atoms with van der Waals surface area (Å²) in [5, 5.41) is 16.6. The summed E-state index contributed by atoms with van der Waals surface area (Å²) in [6, 6.07) is 13.5. The Hall–Kier alpha value is -2.99. The van der Waals surface area contributed by atoms with Crippen LogP contribution >= 0.6 is 0 Å². The summed E-state index contributed by atoms with van der Waals surface area (Å²) in [7, 11) is 0. The fourth-order valence-electron chi connectivity index (χ4n) is 2.95. The van der Waals surface area contributed by atoms with Gasteiger partial charge in [-0.15, -0.1) is 0 Å². The summed E-state index contributed by atoms with van der Waals surface area (Å²) in [5.74, 6) is 5.90. The van der Waals surface area contributed by atoms with Gasteiger partial charge in [0.05, 0.1) is 4.92 Å². The molecule has 0 bridgehead atoms. The number of aliphatic imine (C=N–C) groups is 1. The van der Waals surface area contributed by atoms with Crippen molar-refractivity contribution in [2.45, 2.75) is 0 Å². The monoisotopic (exact) mass is 292 g/mol. The van der Waals surface area contributed by atoms with E-state index < -0.39 is 4.92 Å². The smallest absolute Gasteiger partial charge is 0.282 e. The van der Waals surface area contributed by atoms with Crippen LogP contribution in [0.3, 0.4) is 0 Å². The van der Waals surface area contributed by atoms with Crippen LogP contribution in [-0.4, -0.2) is 17.8 Å². The molecule has 0 spiro atoms. The lowest BCUT2D eigenvalue weighted by Crippen LogP contribution is -2.34. The van der Waals surface area contributed by atoms with Gasteiger partial charge in [0.15, 0.2) is 0 Å². The number of hydrogen-bond acceptors (Lipinski definition) is 5. The molecule has 108 valence electrons. The zero-order chi connectivity index (χ0) is 15.3. The Labute approximate surface area is 125 Å². The highest BCUT2D eigenvalue weighted by atomic mass is 16.6. The van der Waals surface area contributed by atoms with Gasteiger partial charge in [-0.3, -0.25) is 20.1 Å². The Bertz CT molecular complexity index is 965. The predicted octanol–water partition coefficient (Wildman–Crippen LogP) is 2.97. The molecular formula is C16H12N4O2. The van der Waals surface area contributed by atoms with Crippen LogP contribution in [0.1, 0.15) is 5.56 Å². The fraction of sp³-hybridized carbons (Fsp3) is 0.0625. The van der Waals surface area contributed by atoms with E-state index >= 15 is 0 Å². The van der Waals surface area contributed by atoms with E-state index in [1.165, 1.54) is 5.01 Å². The van der Waals surface area contributed by atoms with Crippen LogP contribution < -0.4 is 10.9 Å². The maximum Gasteiger partial charge on any atom is 0.295 e. The maximum atomic E-state index is 11.4. The van der Waals surface area contributed by atoms with Crippen molar-refractivity contribution in [3.8, 4) is 0 Å². The summed E-state index contributed by atoms with van der Waals surface area (Å²) < 4.78 is 0. The third kappa shape index (κ3) is 1.74. The number of hydrazine groups is 1. The molecule has 1 aliphatic heterocycles. The number of nitrogens with two attached hydrogens (primary N) is 1. The molecule has 0 saturated carbocycles. The number of hydrogen-bond donors (Lipinski definition) is 1. The molecule has 6 nitrogen and oxygen atoms in total. The fourth-order valence-corrected chi connectivity index (χ4v) is 2.95. The number of benzene rings is 3. The van der Waals surface area contributed by atoms with E-state index in [0.717, 1.165) is 21.5 Å². The van der Waals surface area contributed by atoms with Gasteiger partial charge in [0.2, 0.25) is 0 Å². The lowest BCUT2D eigenvalue weighted by molar-refractivity contribution is -0.384. The lowest BCUT2D eigenvalue weighted by Gasteiger charge is -2.23. The van der Waals surface area contributed by atoms with Gasteiger partial charge in [-0.2, -0.15) is 0 Å². The van der Waals surface area contributed by atoms with E-state index in [0.29, 0.717) is 11.3 Å². The molecular weight excluding hydrogens is 280 g/mol. The van der Waals surface area contributed by atoms with E-state index in [-0.39, 0.29) is 12.4 Å². The summed E-state index contributed by atoms with van der Waals surface area (Å²) >= 11 is 0. The molecule has 4 rings (SSSR count). The van der Waals surface area contributed by atoms with Crippen molar-refractivity contribution in [2.75, 3.05) is 11.7 Å². The maximum absolute atomic E-state index is 11.4.